The fraction of sp³-hybridized carbons (Fsp3) is 0.462. The quantitative estimate of drug-likeness (QED) is 0.851. The van der Waals surface area contributed by atoms with Gasteiger partial charge in [0.05, 0.1) is 6.54 Å². The summed E-state index contributed by atoms with van der Waals surface area (Å²) in [5, 5.41) is 0.550. The van der Waals surface area contributed by atoms with E-state index < -0.39 is 0 Å². The van der Waals surface area contributed by atoms with Crippen LogP contribution >= 0.6 is 11.8 Å². The first kappa shape index (κ1) is 13.2. The van der Waals surface area contributed by atoms with Crippen molar-refractivity contribution in [1.82, 2.24) is 0 Å². The molecule has 1 fully saturated rings. The third-order valence-electron chi connectivity index (χ3n) is 2.66. The van der Waals surface area contributed by atoms with Crippen LogP contribution in [-0.2, 0) is 4.74 Å². The Morgan fingerprint density at radius 3 is 2.61 bits per heavy atom. The monoisotopic (exact) mass is 266 g/mol. The molecule has 1 aromatic carbocycles. The van der Waals surface area contributed by atoms with Crippen LogP contribution in [0.2, 0.25) is 0 Å². The van der Waals surface area contributed by atoms with Crippen molar-refractivity contribution in [3.8, 4) is 0 Å². The molecule has 18 heavy (non-hydrogen) atoms. The summed E-state index contributed by atoms with van der Waals surface area (Å²) in [5.41, 5.74) is 6.37. The summed E-state index contributed by atoms with van der Waals surface area (Å²) in [6.07, 6.45) is -0.503. The molecule has 2 N–H and O–H groups in total. The maximum absolute atomic E-state index is 11.6. The number of amides is 1. The van der Waals surface area contributed by atoms with Crippen LogP contribution in [0.25, 0.3) is 0 Å². The lowest BCUT2D eigenvalue weighted by molar-refractivity contribution is 0.145. The highest BCUT2D eigenvalue weighted by atomic mass is 32.2. The normalized spacial score (nSPS) is 19.4. The molecule has 1 aliphatic heterocycles. The summed E-state index contributed by atoms with van der Waals surface area (Å²) in [6.45, 7) is 5.21. The average molecular weight is 266 g/mol. The van der Waals surface area contributed by atoms with E-state index in [1.165, 1.54) is 4.90 Å². The Balaban J connectivity index is 2.08. The lowest BCUT2D eigenvalue weighted by Crippen LogP contribution is -2.27. The lowest BCUT2D eigenvalue weighted by atomic mass is 10.3. The molecular weight excluding hydrogens is 248 g/mol. The van der Waals surface area contributed by atoms with E-state index in [0.717, 1.165) is 5.69 Å². The molecule has 0 aliphatic carbocycles. The molecule has 0 bridgehead atoms. The van der Waals surface area contributed by atoms with Crippen molar-refractivity contribution in [3.63, 3.8) is 0 Å². The van der Waals surface area contributed by atoms with E-state index in [1.807, 2.05) is 24.3 Å². The van der Waals surface area contributed by atoms with Crippen molar-refractivity contribution < 1.29 is 9.53 Å². The maximum Gasteiger partial charge on any atom is 0.414 e. The molecule has 1 unspecified atom stereocenters. The average Bonchev–Trinajstić information content (AvgIpc) is 2.71. The van der Waals surface area contributed by atoms with Gasteiger partial charge < -0.3 is 10.5 Å². The number of rotatable bonds is 4. The number of carbonyl (C=O) groups is 1. The SMILES string of the molecule is CC(C)Sc1ccc(N2CC(CN)OC2=O)cc1. The third-order valence-corrected chi connectivity index (χ3v) is 3.67. The third kappa shape index (κ3) is 2.97. The molecule has 1 aliphatic rings. The minimum Gasteiger partial charge on any atom is -0.443 e. The van der Waals surface area contributed by atoms with Gasteiger partial charge in [0.15, 0.2) is 0 Å². The zero-order chi connectivity index (χ0) is 13.1. The van der Waals surface area contributed by atoms with Crippen LogP contribution in [0.3, 0.4) is 0 Å². The van der Waals surface area contributed by atoms with Crippen LogP contribution < -0.4 is 10.6 Å². The van der Waals surface area contributed by atoms with E-state index >= 15 is 0 Å². The van der Waals surface area contributed by atoms with E-state index in [4.69, 9.17) is 10.5 Å². The molecule has 0 radical (unpaired) electrons. The summed E-state index contributed by atoms with van der Waals surface area (Å²) in [6, 6.07) is 7.96. The van der Waals surface area contributed by atoms with Crippen LogP contribution in [0, 0.1) is 0 Å². The smallest absolute Gasteiger partial charge is 0.414 e. The van der Waals surface area contributed by atoms with E-state index in [2.05, 4.69) is 13.8 Å². The number of carbonyl (C=O) groups excluding carboxylic acids is 1. The first-order valence-corrected chi connectivity index (χ1v) is 6.93. The van der Waals surface area contributed by atoms with Gasteiger partial charge in [0.25, 0.3) is 0 Å². The van der Waals surface area contributed by atoms with Crippen molar-refractivity contribution in [1.29, 1.82) is 0 Å². The van der Waals surface area contributed by atoms with E-state index in [1.54, 1.807) is 16.7 Å². The number of nitrogens with zero attached hydrogens (tertiary/aromatic N) is 1. The Morgan fingerprint density at radius 1 is 1.44 bits per heavy atom. The summed E-state index contributed by atoms with van der Waals surface area (Å²) < 4.78 is 5.13. The zero-order valence-corrected chi connectivity index (χ0v) is 11.4. The number of cyclic esters (lactones) is 1. The summed E-state index contributed by atoms with van der Waals surface area (Å²) >= 11 is 1.80. The van der Waals surface area contributed by atoms with Crippen molar-refractivity contribution in [3.05, 3.63) is 24.3 Å². The van der Waals surface area contributed by atoms with Gasteiger partial charge >= 0.3 is 6.09 Å². The highest BCUT2D eigenvalue weighted by Gasteiger charge is 2.31. The molecule has 1 saturated heterocycles. The minimum absolute atomic E-state index is 0.192. The van der Waals surface area contributed by atoms with E-state index in [0.29, 0.717) is 18.3 Å². The second-order valence-corrected chi connectivity index (χ2v) is 6.16. The fourth-order valence-corrected chi connectivity index (χ4v) is 2.67. The number of hydrogen-bond acceptors (Lipinski definition) is 4. The molecule has 1 aromatic rings. The Labute approximate surface area is 111 Å². The second kappa shape index (κ2) is 5.63. The molecular formula is C13H18N2O2S. The number of hydrogen-bond donors (Lipinski definition) is 1. The summed E-state index contributed by atoms with van der Waals surface area (Å²) in [5.74, 6) is 0. The Hall–Kier alpha value is -1.20. The van der Waals surface area contributed by atoms with E-state index in [-0.39, 0.29) is 12.2 Å². The predicted octanol–water partition coefficient (Wildman–Crippen LogP) is 2.47. The molecule has 1 amide bonds. The molecule has 1 atom stereocenters. The minimum atomic E-state index is -0.310. The Kier molecular flexibility index (Phi) is 4.14. The van der Waals surface area contributed by atoms with E-state index in [9.17, 15) is 4.79 Å². The standard InChI is InChI=1S/C13H18N2O2S/c1-9(2)18-12-5-3-10(4-6-12)15-8-11(7-14)17-13(15)16/h3-6,9,11H,7-8,14H2,1-2H3. The van der Waals surface area contributed by atoms with Crippen molar-refractivity contribution >= 4 is 23.5 Å². The zero-order valence-electron chi connectivity index (χ0n) is 10.6. The van der Waals surface area contributed by atoms with Gasteiger partial charge in [0, 0.05) is 22.4 Å². The van der Waals surface area contributed by atoms with Crippen molar-refractivity contribution in [2.75, 3.05) is 18.0 Å². The number of thioether (sulfide) groups is 1. The van der Waals surface area contributed by atoms with Gasteiger partial charge in [-0.05, 0) is 24.3 Å². The second-order valence-electron chi connectivity index (χ2n) is 4.51. The van der Waals surface area contributed by atoms with Crippen LogP contribution in [-0.4, -0.2) is 30.5 Å². The predicted molar refractivity (Wildman–Crippen MR) is 74.1 cm³/mol. The van der Waals surface area contributed by atoms with Crippen molar-refractivity contribution in [2.24, 2.45) is 5.73 Å². The van der Waals surface area contributed by atoms with Gasteiger partial charge in [0.1, 0.15) is 6.10 Å². The van der Waals surface area contributed by atoms with Gasteiger partial charge in [-0.3, -0.25) is 4.90 Å². The number of ether oxygens (including phenoxy) is 1. The van der Waals surface area contributed by atoms with Gasteiger partial charge in [-0.2, -0.15) is 0 Å². The van der Waals surface area contributed by atoms with Crippen LogP contribution in [0.5, 0.6) is 0 Å². The van der Waals surface area contributed by atoms with Gasteiger partial charge in [0.2, 0.25) is 0 Å². The molecule has 0 spiro atoms. The van der Waals surface area contributed by atoms with Crippen molar-refractivity contribution in [2.45, 2.75) is 30.1 Å². The van der Waals surface area contributed by atoms with Gasteiger partial charge in [-0.25, -0.2) is 4.79 Å². The highest BCUT2D eigenvalue weighted by molar-refractivity contribution is 7.99. The summed E-state index contributed by atoms with van der Waals surface area (Å²) in [7, 11) is 0. The van der Waals surface area contributed by atoms with Crippen LogP contribution in [0.4, 0.5) is 10.5 Å². The lowest BCUT2D eigenvalue weighted by Gasteiger charge is -2.13. The van der Waals surface area contributed by atoms with Crippen LogP contribution in [0.1, 0.15) is 13.8 Å². The number of benzene rings is 1. The Morgan fingerprint density at radius 2 is 2.11 bits per heavy atom. The molecule has 0 saturated carbocycles. The Bertz CT molecular complexity index is 420. The molecule has 2 rings (SSSR count). The first-order valence-electron chi connectivity index (χ1n) is 6.05. The molecule has 1 heterocycles. The van der Waals surface area contributed by atoms with Crippen LogP contribution in [0.15, 0.2) is 29.2 Å². The fourth-order valence-electron chi connectivity index (χ4n) is 1.83. The number of anilines is 1. The molecule has 5 heteroatoms. The number of nitrogens with two attached hydrogens (primary N) is 1. The molecule has 98 valence electrons. The highest BCUT2D eigenvalue weighted by Crippen LogP contribution is 2.27. The topological polar surface area (TPSA) is 55.6 Å². The van der Waals surface area contributed by atoms with Gasteiger partial charge in [-0.1, -0.05) is 13.8 Å². The molecule has 0 aromatic heterocycles. The molecule has 4 nitrogen and oxygen atoms in total. The maximum atomic E-state index is 11.6. The largest absolute Gasteiger partial charge is 0.443 e. The first-order chi connectivity index (χ1) is 8.60. The van der Waals surface area contributed by atoms with Gasteiger partial charge in [-0.15, -0.1) is 11.8 Å². The summed E-state index contributed by atoms with van der Waals surface area (Å²) in [4.78, 5) is 14.5.